The van der Waals surface area contributed by atoms with Gasteiger partial charge in [0.2, 0.25) is 5.91 Å². The van der Waals surface area contributed by atoms with E-state index in [0.29, 0.717) is 17.4 Å². The minimum absolute atomic E-state index is 0.0627. The summed E-state index contributed by atoms with van der Waals surface area (Å²) in [6.07, 6.45) is 0.0627. The van der Waals surface area contributed by atoms with Crippen LogP contribution in [0.4, 0.5) is 4.39 Å². The van der Waals surface area contributed by atoms with Crippen molar-refractivity contribution < 1.29 is 14.0 Å². The Labute approximate surface area is 144 Å². The molecule has 3 rings (SSSR count). The van der Waals surface area contributed by atoms with Gasteiger partial charge >= 0.3 is 0 Å². The molecule has 0 aliphatic heterocycles. The molecule has 6 heteroatoms. The molecule has 1 aromatic heterocycles. The van der Waals surface area contributed by atoms with E-state index < -0.39 is 5.91 Å². The van der Waals surface area contributed by atoms with Gasteiger partial charge in [-0.05, 0) is 23.8 Å². The number of H-pyrrole nitrogens is 1. The van der Waals surface area contributed by atoms with Crippen molar-refractivity contribution in [3.8, 4) is 0 Å². The molecule has 0 saturated carbocycles. The molecule has 0 atom stereocenters. The predicted octanol–water partition coefficient (Wildman–Crippen LogP) is 2.82. The number of carbonyl (C=O) groups is 2. The Hall–Kier alpha value is -3.15. The van der Waals surface area contributed by atoms with Crippen LogP contribution in [0.3, 0.4) is 0 Å². The van der Waals surface area contributed by atoms with Crippen LogP contribution in [0.2, 0.25) is 0 Å². The number of amides is 2. The Morgan fingerprint density at radius 1 is 1.08 bits per heavy atom. The van der Waals surface area contributed by atoms with Crippen LogP contribution >= 0.6 is 0 Å². The second-order valence-electron chi connectivity index (χ2n) is 5.81. The molecule has 1 heterocycles. The number of nitrogens with two attached hydrogens (primary N) is 1. The fourth-order valence-corrected chi connectivity index (χ4v) is 2.71. The Kier molecular flexibility index (Phi) is 4.79. The summed E-state index contributed by atoms with van der Waals surface area (Å²) in [5, 5.41) is 0.361. The summed E-state index contributed by atoms with van der Waals surface area (Å²) in [6, 6.07) is 15.6. The van der Waals surface area contributed by atoms with Gasteiger partial charge in [0.15, 0.2) is 0 Å². The van der Waals surface area contributed by atoms with Crippen LogP contribution in [0, 0.1) is 5.82 Å². The normalized spacial score (nSPS) is 10.8. The van der Waals surface area contributed by atoms with Crippen molar-refractivity contribution in [2.24, 2.45) is 5.73 Å². The number of nitrogens with zero attached hydrogens (tertiary/aromatic N) is 1. The number of aromatic nitrogens is 1. The molecule has 25 heavy (non-hydrogen) atoms. The van der Waals surface area contributed by atoms with Gasteiger partial charge < -0.3 is 15.6 Å². The number of fused-ring (bicyclic) bond motifs is 1. The van der Waals surface area contributed by atoms with Crippen molar-refractivity contribution in [3.63, 3.8) is 0 Å². The number of rotatable bonds is 6. The number of halogens is 1. The molecule has 3 N–H and O–H groups in total. The van der Waals surface area contributed by atoms with Crippen molar-refractivity contribution in [2.45, 2.75) is 13.0 Å². The van der Waals surface area contributed by atoms with Crippen molar-refractivity contribution in [3.05, 3.63) is 71.7 Å². The summed E-state index contributed by atoms with van der Waals surface area (Å²) in [7, 11) is 0. The number of carbonyl (C=O) groups excluding carboxylic acids is 2. The fraction of sp³-hybridized carbons (Fsp3) is 0.158. The molecule has 0 saturated heterocycles. The molecule has 0 fully saturated rings. The minimum atomic E-state index is -0.478. The first-order chi connectivity index (χ1) is 12.0. The molecule has 0 unspecified atom stereocenters. The van der Waals surface area contributed by atoms with Crippen LogP contribution in [0.5, 0.6) is 0 Å². The zero-order valence-corrected chi connectivity index (χ0v) is 13.5. The Morgan fingerprint density at radius 3 is 2.52 bits per heavy atom. The van der Waals surface area contributed by atoms with Crippen LogP contribution in [-0.4, -0.2) is 28.2 Å². The largest absolute Gasteiger partial charge is 0.370 e. The molecule has 0 spiro atoms. The monoisotopic (exact) mass is 339 g/mol. The van der Waals surface area contributed by atoms with E-state index in [1.54, 1.807) is 12.1 Å². The van der Waals surface area contributed by atoms with Gasteiger partial charge in [0.25, 0.3) is 5.91 Å². The van der Waals surface area contributed by atoms with Crippen LogP contribution in [0.1, 0.15) is 22.5 Å². The average molecular weight is 339 g/mol. The Morgan fingerprint density at radius 2 is 1.84 bits per heavy atom. The lowest BCUT2D eigenvalue weighted by atomic mass is 10.2. The van der Waals surface area contributed by atoms with Crippen molar-refractivity contribution in [1.82, 2.24) is 9.88 Å². The molecule has 3 aromatic rings. The van der Waals surface area contributed by atoms with Crippen molar-refractivity contribution >= 4 is 22.7 Å². The lowest BCUT2D eigenvalue weighted by Gasteiger charge is -2.21. The second-order valence-corrected chi connectivity index (χ2v) is 5.81. The predicted molar refractivity (Wildman–Crippen MR) is 93.3 cm³/mol. The summed E-state index contributed by atoms with van der Waals surface area (Å²) in [5.74, 6) is -1.17. The van der Waals surface area contributed by atoms with E-state index in [9.17, 15) is 14.0 Å². The van der Waals surface area contributed by atoms with E-state index in [1.807, 2.05) is 30.3 Å². The average Bonchev–Trinajstić information content (AvgIpc) is 3.04. The Bertz CT molecular complexity index is 905. The molecule has 2 aromatic carbocycles. The van der Waals surface area contributed by atoms with Crippen molar-refractivity contribution in [2.75, 3.05) is 6.54 Å². The van der Waals surface area contributed by atoms with Gasteiger partial charge in [0.05, 0.1) is 0 Å². The highest BCUT2D eigenvalue weighted by molar-refractivity contribution is 5.98. The first-order valence-corrected chi connectivity index (χ1v) is 7.93. The quantitative estimate of drug-likeness (QED) is 0.724. The van der Waals surface area contributed by atoms with Gasteiger partial charge in [-0.3, -0.25) is 9.59 Å². The molecule has 0 aliphatic rings. The van der Waals surface area contributed by atoms with Crippen LogP contribution in [0.15, 0.2) is 54.6 Å². The summed E-state index contributed by atoms with van der Waals surface area (Å²) in [4.78, 5) is 28.5. The lowest BCUT2D eigenvalue weighted by molar-refractivity contribution is -0.118. The van der Waals surface area contributed by atoms with E-state index in [2.05, 4.69) is 4.98 Å². The molecule has 0 bridgehead atoms. The van der Waals surface area contributed by atoms with Crippen LogP contribution in [0.25, 0.3) is 10.9 Å². The molecule has 128 valence electrons. The number of hydrogen-bond acceptors (Lipinski definition) is 2. The van der Waals surface area contributed by atoms with Gasteiger partial charge in [-0.1, -0.05) is 36.4 Å². The molecular formula is C19H18FN3O2. The van der Waals surface area contributed by atoms with Crippen molar-refractivity contribution in [1.29, 1.82) is 0 Å². The van der Waals surface area contributed by atoms with Gasteiger partial charge in [-0.2, -0.15) is 0 Å². The van der Waals surface area contributed by atoms with Crippen LogP contribution < -0.4 is 5.73 Å². The molecular weight excluding hydrogens is 321 g/mol. The third-order valence-electron chi connectivity index (χ3n) is 3.97. The van der Waals surface area contributed by atoms with Gasteiger partial charge in [-0.25, -0.2) is 4.39 Å². The maximum atomic E-state index is 13.9. The molecule has 5 nitrogen and oxygen atoms in total. The number of aromatic amines is 1. The first-order valence-electron chi connectivity index (χ1n) is 7.93. The second kappa shape index (κ2) is 7.17. The maximum absolute atomic E-state index is 13.9. The highest BCUT2D eigenvalue weighted by Crippen LogP contribution is 2.20. The smallest absolute Gasteiger partial charge is 0.270 e. The van der Waals surface area contributed by atoms with E-state index in [1.165, 1.54) is 17.0 Å². The standard InChI is InChI=1S/C19H18FN3O2/c20-15-7-4-8-16-14(15)11-17(22-16)19(25)23(10-9-18(21)24)12-13-5-2-1-3-6-13/h1-8,11,22H,9-10,12H2,(H2,21,24). The molecule has 0 aliphatic carbocycles. The van der Waals surface area contributed by atoms with Gasteiger partial charge in [0, 0.05) is 30.4 Å². The van der Waals surface area contributed by atoms with E-state index in [4.69, 9.17) is 5.73 Å². The lowest BCUT2D eigenvalue weighted by Crippen LogP contribution is -2.33. The highest BCUT2D eigenvalue weighted by Gasteiger charge is 2.19. The highest BCUT2D eigenvalue weighted by atomic mass is 19.1. The summed E-state index contributed by atoms with van der Waals surface area (Å²) in [5.41, 5.74) is 6.98. The topological polar surface area (TPSA) is 79.2 Å². The van der Waals surface area contributed by atoms with E-state index in [-0.39, 0.29) is 30.4 Å². The third kappa shape index (κ3) is 3.85. The van der Waals surface area contributed by atoms with Gasteiger partial charge in [0.1, 0.15) is 11.5 Å². The minimum Gasteiger partial charge on any atom is -0.370 e. The molecule has 2 amide bonds. The summed E-state index contributed by atoms with van der Waals surface area (Å²) >= 11 is 0. The fourth-order valence-electron chi connectivity index (χ4n) is 2.71. The first kappa shape index (κ1) is 16.7. The zero-order chi connectivity index (χ0) is 17.8. The number of benzene rings is 2. The van der Waals surface area contributed by atoms with E-state index >= 15 is 0 Å². The maximum Gasteiger partial charge on any atom is 0.270 e. The van der Waals surface area contributed by atoms with Gasteiger partial charge in [-0.15, -0.1) is 0 Å². The number of primary amides is 1. The zero-order valence-electron chi connectivity index (χ0n) is 13.5. The number of hydrogen-bond donors (Lipinski definition) is 2. The number of nitrogens with one attached hydrogen (secondary N) is 1. The summed E-state index contributed by atoms with van der Waals surface area (Å²) in [6.45, 7) is 0.533. The van der Waals surface area contributed by atoms with E-state index in [0.717, 1.165) is 5.56 Å². The SMILES string of the molecule is NC(=O)CCN(Cc1ccccc1)C(=O)c1cc2c(F)cccc2[nH]1. The Balaban J connectivity index is 1.88. The summed E-state index contributed by atoms with van der Waals surface area (Å²) < 4.78 is 13.9. The molecule has 0 radical (unpaired) electrons. The third-order valence-corrected chi connectivity index (χ3v) is 3.97. The van der Waals surface area contributed by atoms with Crippen LogP contribution in [-0.2, 0) is 11.3 Å².